The molecule has 0 spiro atoms. The molecule has 0 saturated carbocycles. The first-order chi connectivity index (χ1) is 8.31. The second-order valence-electron chi connectivity index (χ2n) is 5.04. The number of rotatable bonds is 1. The topological polar surface area (TPSA) is 67.9 Å². The predicted octanol–water partition coefficient (Wildman–Crippen LogP) is 1.00. The minimum atomic E-state index is -0.318. The molecule has 1 amide bonds. The van der Waals surface area contributed by atoms with Gasteiger partial charge in [0.25, 0.3) is 6.47 Å². The third-order valence-corrected chi connectivity index (χ3v) is 2.31. The van der Waals surface area contributed by atoms with E-state index >= 15 is 0 Å². The van der Waals surface area contributed by atoms with E-state index in [0.29, 0.717) is 6.47 Å². The lowest BCUT2D eigenvalue weighted by molar-refractivity contribution is -0.138. The van der Waals surface area contributed by atoms with E-state index in [1.54, 1.807) is 4.90 Å². The molecule has 1 N–H and O–H groups in total. The Balaban J connectivity index is 0.000000360. The Morgan fingerprint density at radius 1 is 1.44 bits per heavy atom. The highest BCUT2D eigenvalue weighted by molar-refractivity contribution is 5.67. The standard InChI is InChI=1S/C7H14N2O2.C5H10O2/c1-6-5-8-3-4-9(6)7(10)11-2;1-5(2,3)7-4-6/h6,8H,3-5H2,1-2H3;4H,1-3H3/t6-;/m1./s1. The van der Waals surface area contributed by atoms with Gasteiger partial charge in [-0.3, -0.25) is 4.79 Å². The van der Waals surface area contributed by atoms with Crippen molar-refractivity contribution in [2.75, 3.05) is 26.7 Å². The van der Waals surface area contributed by atoms with Crippen molar-refractivity contribution in [3.8, 4) is 0 Å². The van der Waals surface area contributed by atoms with Crippen molar-refractivity contribution in [2.24, 2.45) is 0 Å². The number of amides is 1. The molecule has 106 valence electrons. The fraction of sp³-hybridized carbons (Fsp3) is 0.833. The number of carbonyl (C=O) groups is 2. The maximum atomic E-state index is 11.1. The van der Waals surface area contributed by atoms with Gasteiger partial charge in [-0.05, 0) is 27.7 Å². The highest BCUT2D eigenvalue weighted by Crippen LogP contribution is 2.03. The molecule has 0 aromatic heterocycles. The second-order valence-corrected chi connectivity index (χ2v) is 5.04. The van der Waals surface area contributed by atoms with Crippen LogP contribution in [0.3, 0.4) is 0 Å². The van der Waals surface area contributed by atoms with Crippen LogP contribution in [-0.2, 0) is 14.3 Å². The predicted molar refractivity (Wildman–Crippen MR) is 68.3 cm³/mol. The summed E-state index contributed by atoms with van der Waals surface area (Å²) in [6.07, 6.45) is -0.223. The molecule has 18 heavy (non-hydrogen) atoms. The molecule has 0 unspecified atom stereocenters. The molecular weight excluding hydrogens is 236 g/mol. The molecule has 1 fully saturated rings. The van der Waals surface area contributed by atoms with Crippen LogP contribution in [0, 0.1) is 0 Å². The molecule has 0 bridgehead atoms. The van der Waals surface area contributed by atoms with Crippen molar-refractivity contribution in [2.45, 2.75) is 39.3 Å². The Bertz CT molecular complexity index is 263. The molecule has 1 rings (SSSR count). The van der Waals surface area contributed by atoms with Crippen molar-refractivity contribution in [3.63, 3.8) is 0 Å². The van der Waals surface area contributed by atoms with Crippen LogP contribution in [0.5, 0.6) is 0 Å². The fourth-order valence-electron chi connectivity index (χ4n) is 1.37. The minimum Gasteiger partial charge on any atom is -0.462 e. The fourth-order valence-corrected chi connectivity index (χ4v) is 1.37. The van der Waals surface area contributed by atoms with Gasteiger partial charge < -0.3 is 19.7 Å². The number of nitrogens with zero attached hydrogens (tertiary/aromatic N) is 1. The molecule has 1 heterocycles. The lowest BCUT2D eigenvalue weighted by Crippen LogP contribution is -2.52. The molecule has 6 nitrogen and oxygen atoms in total. The number of methoxy groups -OCH3 is 1. The van der Waals surface area contributed by atoms with Crippen molar-refractivity contribution in [1.29, 1.82) is 0 Å². The summed E-state index contributed by atoms with van der Waals surface area (Å²) < 4.78 is 9.17. The largest absolute Gasteiger partial charge is 0.462 e. The first-order valence-corrected chi connectivity index (χ1v) is 5.98. The summed E-state index contributed by atoms with van der Waals surface area (Å²) in [5.74, 6) is 0. The zero-order valence-electron chi connectivity index (χ0n) is 11.9. The lowest BCUT2D eigenvalue weighted by atomic mass is 10.2. The Morgan fingerprint density at radius 3 is 2.39 bits per heavy atom. The Labute approximate surface area is 109 Å². The van der Waals surface area contributed by atoms with Gasteiger partial charge >= 0.3 is 6.09 Å². The number of piperazine rings is 1. The van der Waals surface area contributed by atoms with E-state index in [1.807, 2.05) is 27.7 Å². The molecule has 1 saturated heterocycles. The van der Waals surface area contributed by atoms with E-state index in [4.69, 9.17) is 0 Å². The number of ether oxygens (including phenoxy) is 2. The van der Waals surface area contributed by atoms with Crippen LogP contribution in [0.15, 0.2) is 0 Å². The van der Waals surface area contributed by atoms with Gasteiger partial charge in [-0.2, -0.15) is 0 Å². The van der Waals surface area contributed by atoms with Gasteiger partial charge in [0.1, 0.15) is 5.60 Å². The van der Waals surface area contributed by atoms with Gasteiger partial charge in [0.05, 0.1) is 7.11 Å². The van der Waals surface area contributed by atoms with Crippen LogP contribution in [-0.4, -0.2) is 55.9 Å². The van der Waals surface area contributed by atoms with Crippen LogP contribution in [0.4, 0.5) is 4.79 Å². The molecule has 1 aliphatic heterocycles. The van der Waals surface area contributed by atoms with Gasteiger partial charge in [-0.15, -0.1) is 0 Å². The third kappa shape index (κ3) is 7.11. The Hall–Kier alpha value is -1.30. The summed E-state index contributed by atoms with van der Waals surface area (Å²) in [6, 6.07) is 0.246. The highest BCUT2D eigenvalue weighted by atomic mass is 16.5. The summed E-state index contributed by atoms with van der Waals surface area (Å²) in [6.45, 7) is 10.4. The average molecular weight is 260 g/mol. The summed E-state index contributed by atoms with van der Waals surface area (Å²) in [5.41, 5.74) is -0.318. The third-order valence-electron chi connectivity index (χ3n) is 2.31. The SMILES string of the molecule is CC(C)(C)OC=O.COC(=O)N1CCNC[C@H]1C. The smallest absolute Gasteiger partial charge is 0.409 e. The summed E-state index contributed by atoms with van der Waals surface area (Å²) >= 11 is 0. The van der Waals surface area contributed by atoms with Gasteiger partial charge in [-0.1, -0.05) is 0 Å². The van der Waals surface area contributed by atoms with Crippen molar-refractivity contribution in [3.05, 3.63) is 0 Å². The van der Waals surface area contributed by atoms with E-state index in [9.17, 15) is 9.59 Å². The number of nitrogens with one attached hydrogen (secondary N) is 1. The molecule has 1 aliphatic rings. The zero-order valence-corrected chi connectivity index (χ0v) is 11.9. The lowest BCUT2D eigenvalue weighted by Gasteiger charge is -2.32. The number of carbonyl (C=O) groups excluding carboxylic acids is 2. The summed E-state index contributed by atoms with van der Waals surface area (Å²) in [5, 5.41) is 3.19. The van der Waals surface area contributed by atoms with E-state index < -0.39 is 0 Å². The molecule has 6 heteroatoms. The van der Waals surface area contributed by atoms with Crippen LogP contribution in [0.1, 0.15) is 27.7 Å². The molecule has 0 radical (unpaired) electrons. The first kappa shape index (κ1) is 16.7. The van der Waals surface area contributed by atoms with Gasteiger partial charge in [-0.25, -0.2) is 4.79 Å². The molecule has 0 aromatic rings. The van der Waals surface area contributed by atoms with Gasteiger partial charge in [0, 0.05) is 25.7 Å². The first-order valence-electron chi connectivity index (χ1n) is 5.98. The maximum absolute atomic E-state index is 11.1. The molecule has 0 aliphatic carbocycles. The summed E-state index contributed by atoms with van der Waals surface area (Å²) in [7, 11) is 1.41. The molecule has 1 atom stereocenters. The van der Waals surface area contributed by atoms with E-state index in [0.717, 1.165) is 19.6 Å². The normalized spacial score (nSPS) is 19.4. The van der Waals surface area contributed by atoms with Crippen LogP contribution < -0.4 is 5.32 Å². The quantitative estimate of drug-likeness (QED) is 0.712. The van der Waals surface area contributed by atoms with Gasteiger partial charge in [0.2, 0.25) is 0 Å². The van der Waals surface area contributed by atoms with Crippen LogP contribution in [0.2, 0.25) is 0 Å². The van der Waals surface area contributed by atoms with Crippen molar-refractivity contribution < 1.29 is 19.1 Å². The van der Waals surface area contributed by atoms with E-state index in [2.05, 4.69) is 14.8 Å². The Kier molecular flexibility index (Phi) is 7.35. The van der Waals surface area contributed by atoms with Crippen LogP contribution >= 0.6 is 0 Å². The minimum absolute atomic E-state index is 0.223. The van der Waals surface area contributed by atoms with Crippen molar-refractivity contribution in [1.82, 2.24) is 10.2 Å². The highest BCUT2D eigenvalue weighted by Gasteiger charge is 2.22. The van der Waals surface area contributed by atoms with E-state index in [1.165, 1.54) is 7.11 Å². The number of hydrogen-bond donors (Lipinski definition) is 1. The maximum Gasteiger partial charge on any atom is 0.409 e. The van der Waals surface area contributed by atoms with Gasteiger partial charge in [0.15, 0.2) is 0 Å². The monoisotopic (exact) mass is 260 g/mol. The van der Waals surface area contributed by atoms with Crippen molar-refractivity contribution >= 4 is 12.6 Å². The summed E-state index contributed by atoms with van der Waals surface area (Å²) in [4.78, 5) is 22.4. The van der Waals surface area contributed by atoms with E-state index in [-0.39, 0.29) is 17.7 Å². The Morgan fingerprint density at radius 2 is 2.06 bits per heavy atom. The number of hydrogen-bond acceptors (Lipinski definition) is 5. The average Bonchev–Trinajstić information content (AvgIpc) is 2.28. The zero-order chi connectivity index (χ0) is 14.2. The molecule has 0 aromatic carbocycles. The van der Waals surface area contributed by atoms with Crippen LogP contribution in [0.25, 0.3) is 0 Å². The molecular formula is C12H24N2O4. The second kappa shape index (κ2) is 7.92.